The van der Waals surface area contributed by atoms with E-state index in [2.05, 4.69) is 27.3 Å². The lowest BCUT2D eigenvalue weighted by atomic mass is 9.84. The summed E-state index contributed by atoms with van der Waals surface area (Å²) in [6.07, 6.45) is 5.87. The molecule has 11 amide bonds. The molecule has 1 aliphatic heterocycles. The molecule has 0 aromatic rings. The molecule has 0 spiro atoms. The molecule has 1 saturated heterocycles. The third-order valence-corrected chi connectivity index (χ3v) is 16.9. The zero-order valence-corrected chi connectivity index (χ0v) is 58.0. The molecule has 0 bridgehead atoms. The van der Waals surface area contributed by atoms with Gasteiger partial charge in [-0.2, -0.15) is 5.26 Å². The van der Waals surface area contributed by atoms with Gasteiger partial charge in [-0.05, 0) is 106 Å². The summed E-state index contributed by atoms with van der Waals surface area (Å²) in [6.45, 7) is 29.9. The number of amides is 11. The van der Waals surface area contributed by atoms with Crippen molar-refractivity contribution in [1.29, 1.82) is 5.26 Å². The van der Waals surface area contributed by atoms with E-state index in [1.165, 1.54) is 92.6 Å². The van der Waals surface area contributed by atoms with Gasteiger partial charge >= 0.3 is 0 Å². The summed E-state index contributed by atoms with van der Waals surface area (Å²) in [5, 5.41) is 20.3. The van der Waals surface area contributed by atoms with Crippen molar-refractivity contribution in [3.63, 3.8) is 0 Å². The molecule has 1 aliphatic rings. The molecule has 0 aromatic heterocycles. The normalized spacial score (nSPS) is 26.3. The number of likely N-dealkylation sites (N-methyl/N-ethyl adjacent to an activating group) is 7. The molecule has 12 atom stereocenters. The van der Waals surface area contributed by atoms with Gasteiger partial charge in [0.2, 0.25) is 65.0 Å². The zero-order valence-electron chi connectivity index (χ0n) is 58.0. The van der Waals surface area contributed by atoms with Crippen LogP contribution >= 0.6 is 0 Å². The van der Waals surface area contributed by atoms with Crippen LogP contribution in [-0.4, -0.2) is 216 Å². The summed E-state index contributed by atoms with van der Waals surface area (Å²) >= 11 is 0. The summed E-state index contributed by atoms with van der Waals surface area (Å²) in [7, 11) is 10.2. The topological polar surface area (TPSA) is 282 Å². The average molecular weight is 1240 g/mol. The van der Waals surface area contributed by atoms with E-state index in [9.17, 15) is 33.6 Å². The highest BCUT2D eigenvalue weighted by atomic mass is 16.2. The van der Waals surface area contributed by atoms with Gasteiger partial charge in [0.25, 0.3) is 0 Å². The Bertz CT molecular complexity index is 2460. The molecule has 0 aliphatic carbocycles. The summed E-state index contributed by atoms with van der Waals surface area (Å²) in [5.41, 5.74) is 0. The van der Waals surface area contributed by atoms with E-state index in [1.807, 2.05) is 81.4 Å². The fraction of sp³-hybridized carbons (Fsp3) is 0.785. The molecule has 1 heterocycles. The third kappa shape index (κ3) is 22.8. The molecule has 0 aromatic carbocycles. The first kappa shape index (κ1) is 79.4. The molecular formula is C65H114N12O11. The van der Waals surface area contributed by atoms with E-state index in [1.54, 1.807) is 34.6 Å². The van der Waals surface area contributed by atoms with Crippen LogP contribution in [0.3, 0.4) is 0 Å². The highest BCUT2D eigenvalue weighted by Gasteiger charge is 2.45. The third-order valence-electron chi connectivity index (χ3n) is 16.9. The highest BCUT2D eigenvalue weighted by Crippen LogP contribution is 2.28. The van der Waals surface area contributed by atoms with Crippen molar-refractivity contribution in [2.24, 2.45) is 47.3 Å². The van der Waals surface area contributed by atoms with Crippen LogP contribution in [0.4, 0.5) is 0 Å². The Labute approximate surface area is 527 Å². The molecule has 0 unspecified atom stereocenters. The molecule has 88 heavy (non-hydrogen) atoms. The lowest BCUT2D eigenvalue weighted by Crippen LogP contribution is -2.62. The van der Waals surface area contributed by atoms with Crippen molar-refractivity contribution >= 4 is 65.0 Å². The maximum Gasteiger partial charge on any atom is 0.246 e. The minimum atomic E-state index is -1.22. The van der Waals surface area contributed by atoms with Gasteiger partial charge in [0.1, 0.15) is 60.4 Å². The van der Waals surface area contributed by atoms with Gasteiger partial charge in [-0.15, -0.1) is 0 Å². The predicted octanol–water partition coefficient (Wildman–Crippen LogP) is 4.83. The Morgan fingerprint density at radius 3 is 1.36 bits per heavy atom. The summed E-state index contributed by atoms with van der Waals surface area (Å²) < 4.78 is 0. The second-order valence-corrected chi connectivity index (χ2v) is 27.1. The lowest BCUT2D eigenvalue weighted by molar-refractivity contribution is -0.156. The SMILES string of the molecule is CC[C@@H]1NC(=O)[C@H]([C@H](C)[C@H](C)C/C=C/CCC#N)N(C)C(=O)[C@H](C(C)C)N(C)C(=O)[C@H](CC(C)C)N(C)C(=O)[C@H](CC(C)C)N(C)C(=O)[C@@H](C)NC(=O)[C@H](C)NC(=O)[C@H](CC(C)C)N(C)C(=O)[C@H](C(C)C)NC(=O)[C@H](CC(C)C)N(C)C(=O)CN(C)C1=O. The molecular weight excluding hydrogens is 1120 g/mol. The quantitative estimate of drug-likeness (QED) is 0.113. The fourth-order valence-corrected chi connectivity index (χ4v) is 11.2. The van der Waals surface area contributed by atoms with Crippen LogP contribution in [0.2, 0.25) is 0 Å². The smallest absolute Gasteiger partial charge is 0.246 e. The maximum absolute atomic E-state index is 15.3. The van der Waals surface area contributed by atoms with Crippen molar-refractivity contribution in [3.05, 3.63) is 12.2 Å². The second-order valence-electron chi connectivity index (χ2n) is 27.1. The zero-order chi connectivity index (χ0) is 68.1. The van der Waals surface area contributed by atoms with Crippen LogP contribution < -0.4 is 21.3 Å². The Kier molecular flexibility index (Phi) is 33.2. The minimum absolute atomic E-state index is 0.0798. The molecule has 1 fully saturated rings. The van der Waals surface area contributed by atoms with Gasteiger partial charge < -0.3 is 55.6 Å². The van der Waals surface area contributed by atoms with E-state index < -0.39 is 150 Å². The average Bonchev–Trinajstić information content (AvgIpc) is 3.66. The van der Waals surface area contributed by atoms with Crippen molar-refractivity contribution in [1.82, 2.24) is 55.6 Å². The second kappa shape index (κ2) is 36.8. The van der Waals surface area contributed by atoms with Crippen LogP contribution in [-0.2, 0) is 52.7 Å². The molecule has 4 N–H and O–H groups in total. The Morgan fingerprint density at radius 2 is 0.898 bits per heavy atom. The summed E-state index contributed by atoms with van der Waals surface area (Å²) in [6, 6.07) is -9.58. The van der Waals surface area contributed by atoms with Crippen molar-refractivity contribution in [3.8, 4) is 6.07 Å². The summed E-state index contributed by atoms with van der Waals surface area (Å²) in [5.74, 6) is -9.28. The Morgan fingerprint density at radius 1 is 0.466 bits per heavy atom. The van der Waals surface area contributed by atoms with E-state index in [0.29, 0.717) is 19.3 Å². The Hall–Kier alpha value is -6.60. The van der Waals surface area contributed by atoms with Gasteiger partial charge in [0.15, 0.2) is 0 Å². The maximum atomic E-state index is 15.3. The number of rotatable bonds is 17. The van der Waals surface area contributed by atoms with E-state index in [4.69, 9.17) is 5.26 Å². The lowest BCUT2D eigenvalue weighted by Gasteiger charge is -2.42. The number of unbranched alkanes of at least 4 members (excludes halogenated alkanes) is 1. The minimum Gasteiger partial charge on any atom is -0.343 e. The van der Waals surface area contributed by atoms with Gasteiger partial charge in [-0.3, -0.25) is 52.7 Å². The van der Waals surface area contributed by atoms with Gasteiger partial charge in [0, 0.05) is 55.8 Å². The molecule has 0 radical (unpaired) electrons. The van der Waals surface area contributed by atoms with Crippen LogP contribution in [0.5, 0.6) is 0 Å². The van der Waals surface area contributed by atoms with E-state index in [-0.39, 0.29) is 61.7 Å². The largest absolute Gasteiger partial charge is 0.343 e. The number of nitrogens with zero attached hydrogens (tertiary/aromatic N) is 8. The highest BCUT2D eigenvalue weighted by molar-refractivity contribution is 5.99. The first-order valence-corrected chi connectivity index (χ1v) is 31.8. The van der Waals surface area contributed by atoms with Gasteiger partial charge in [-0.1, -0.05) is 116 Å². The van der Waals surface area contributed by atoms with Crippen LogP contribution in [0.15, 0.2) is 12.2 Å². The van der Waals surface area contributed by atoms with Crippen molar-refractivity contribution < 1.29 is 52.7 Å². The molecule has 23 nitrogen and oxygen atoms in total. The Balaban J connectivity index is 4.35. The van der Waals surface area contributed by atoms with E-state index in [0.717, 1.165) is 4.90 Å². The van der Waals surface area contributed by atoms with Crippen LogP contribution in [0.1, 0.15) is 169 Å². The number of carbonyl (C=O) groups excluding carboxylic acids is 11. The van der Waals surface area contributed by atoms with E-state index >= 15 is 19.2 Å². The number of hydrogen-bond acceptors (Lipinski definition) is 12. The fourth-order valence-electron chi connectivity index (χ4n) is 11.2. The predicted molar refractivity (Wildman–Crippen MR) is 341 cm³/mol. The number of hydrogen-bond donors (Lipinski definition) is 4. The number of nitriles is 1. The number of allylic oxidation sites excluding steroid dienone is 2. The standard InChI is InChI=1S/C65H114N12O11/c1-25-47-61(84)71(18)36-52(78)72(19)48(32-37(2)3)58(81)70-53(41(10)11)64(87)73(20)49(33-38(4)5)57(80)67-45(16)56(79)68-46(17)60(83)74(21)50(34-39(6)7)62(85)75(22)51(35-40(8)9)63(86)76(23)54(42(12)13)65(88)77(24)55(59(82)69-47)44(15)43(14)30-28-26-27-29-31-66/h26,28,37-51,53-55H,25,27,29-30,32-36H2,1-24H3,(H,67,80)(H,68,79)(H,69,82)(H,70,81)/b28-26+/t43-,44-,45+,46-,47+,48+,49+,50+,51+,53+,54+,55+/m1/s1. The first-order valence-electron chi connectivity index (χ1n) is 31.8. The van der Waals surface area contributed by atoms with Crippen LogP contribution in [0, 0.1) is 58.7 Å². The monoisotopic (exact) mass is 1240 g/mol. The number of nitrogens with one attached hydrogen (secondary N) is 4. The first-order chi connectivity index (χ1) is 40.7. The van der Waals surface area contributed by atoms with Gasteiger partial charge in [0.05, 0.1) is 12.6 Å². The van der Waals surface area contributed by atoms with Crippen molar-refractivity contribution in [2.75, 3.05) is 55.9 Å². The molecule has 0 saturated carbocycles. The molecule has 1 rings (SSSR count). The number of carbonyl (C=O) groups is 11. The summed E-state index contributed by atoms with van der Waals surface area (Å²) in [4.78, 5) is 170. The molecule has 500 valence electrons. The van der Waals surface area contributed by atoms with Crippen LogP contribution in [0.25, 0.3) is 0 Å². The molecule has 23 heteroatoms. The van der Waals surface area contributed by atoms with Gasteiger partial charge in [-0.25, -0.2) is 0 Å². The van der Waals surface area contributed by atoms with Crippen molar-refractivity contribution in [2.45, 2.75) is 229 Å².